The number of nitrogens with zero attached hydrogens (tertiary/aromatic N) is 4. The average molecular weight is 424 g/mol. The standard InChI is InChI=1S/C23H29N5OS/c1-15(2)18-9-11-20(12-10-18)24-21(29)19-6-5-13-27(14-19)22-25-26-23(30-22)28-16(3)7-8-17(28)4/h7-12,15,19H,5-6,13-14H2,1-4H3,(H,24,29)/t19-/m1/s1. The number of aromatic nitrogens is 3. The second kappa shape index (κ2) is 8.60. The highest BCUT2D eigenvalue weighted by atomic mass is 32.1. The molecule has 4 rings (SSSR count). The molecule has 2 aromatic heterocycles. The first-order valence-corrected chi connectivity index (χ1v) is 11.4. The van der Waals surface area contributed by atoms with E-state index in [2.05, 4.69) is 76.9 Å². The molecule has 1 atom stereocenters. The number of rotatable bonds is 5. The van der Waals surface area contributed by atoms with E-state index in [1.807, 2.05) is 12.1 Å². The molecule has 0 radical (unpaired) electrons. The Kier molecular flexibility index (Phi) is 5.90. The van der Waals surface area contributed by atoms with Crippen LogP contribution in [0, 0.1) is 19.8 Å². The zero-order chi connectivity index (χ0) is 21.3. The molecule has 7 heteroatoms. The summed E-state index contributed by atoms with van der Waals surface area (Å²) in [5.41, 5.74) is 4.43. The van der Waals surface area contributed by atoms with Gasteiger partial charge in [-0.2, -0.15) is 0 Å². The fourth-order valence-electron chi connectivity index (χ4n) is 3.96. The number of carbonyl (C=O) groups is 1. The van der Waals surface area contributed by atoms with E-state index in [4.69, 9.17) is 0 Å². The molecule has 1 aromatic carbocycles. The van der Waals surface area contributed by atoms with Crippen molar-refractivity contribution in [2.45, 2.75) is 46.5 Å². The molecule has 1 N–H and O–H groups in total. The van der Waals surface area contributed by atoms with Gasteiger partial charge in [-0.05, 0) is 62.4 Å². The van der Waals surface area contributed by atoms with Crippen molar-refractivity contribution in [3.05, 3.63) is 53.3 Å². The molecule has 0 saturated carbocycles. The number of aryl methyl sites for hydroxylation is 2. The highest BCUT2D eigenvalue weighted by molar-refractivity contribution is 7.17. The van der Waals surface area contributed by atoms with Crippen molar-refractivity contribution in [3.63, 3.8) is 0 Å². The van der Waals surface area contributed by atoms with Gasteiger partial charge < -0.3 is 10.2 Å². The minimum Gasteiger partial charge on any atom is -0.346 e. The van der Waals surface area contributed by atoms with Crippen molar-refractivity contribution in [3.8, 4) is 5.13 Å². The maximum absolute atomic E-state index is 12.9. The van der Waals surface area contributed by atoms with Crippen LogP contribution in [0.15, 0.2) is 36.4 Å². The Balaban J connectivity index is 1.42. The zero-order valence-corrected chi connectivity index (χ0v) is 18.9. The summed E-state index contributed by atoms with van der Waals surface area (Å²) >= 11 is 1.58. The second-order valence-corrected chi connectivity index (χ2v) is 9.30. The second-order valence-electron chi connectivity index (χ2n) is 8.37. The molecule has 1 aliphatic heterocycles. The molecule has 1 aliphatic rings. The lowest BCUT2D eigenvalue weighted by atomic mass is 9.97. The monoisotopic (exact) mass is 423 g/mol. The Morgan fingerprint density at radius 2 is 1.73 bits per heavy atom. The fourth-order valence-corrected chi connectivity index (χ4v) is 4.96. The summed E-state index contributed by atoms with van der Waals surface area (Å²) in [6.07, 6.45) is 1.87. The van der Waals surface area contributed by atoms with Crippen LogP contribution in [0.2, 0.25) is 0 Å². The minimum atomic E-state index is -0.0501. The van der Waals surface area contributed by atoms with Crippen molar-refractivity contribution < 1.29 is 4.79 Å². The Hall–Kier alpha value is -2.67. The molecule has 1 fully saturated rings. The van der Waals surface area contributed by atoms with Crippen molar-refractivity contribution in [1.29, 1.82) is 0 Å². The predicted molar refractivity (Wildman–Crippen MR) is 123 cm³/mol. The topological polar surface area (TPSA) is 63.1 Å². The molecule has 158 valence electrons. The van der Waals surface area contributed by atoms with Gasteiger partial charge in [0.2, 0.25) is 16.2 Å². The van der Waals surface area contributed by atoms with Gasteiger partial charge >= 0.3 is 0 Å². The minimum absolute atomic E-state index is 0.0501. The molecule has 3 aromatic rings. The number of carbonyl (C=O) groups excluding carboxylic acids is 1. The van der Waals surface area contributed by atoms with Gasteiger partial charge in [-0.15, -0.1) is 10.2 Å². The lowest BCUT2D eigenvalue weighted by molar-refractivity contribution is -0.120. The Bertz CT molecular complexity index is 1000. The summed E-state index contributed by atoms with van der Waals surface area (Å²) < 4.78 is 2.12. The number of benzene rings is 1. The summed E-state index contributed by atoms with van der Waals surface area (Å²) in [4.78, 5) is 15.1. The van der Waals surface area contributed by atoms with Crippen LogP contribution in [0.5, 0.6) is 0 Å². The van der Waals surface area contributed by atoms with Crippen LogP contribution in [0.3, 0.4) is 0 Å². The van der Waals surface area contributed by atoms with E-state index in [1.165, 1.54) is 5.56 Å². The molecule has 3 heterocycles. The zero-order valence-electron chi connectivity index (χ0n) is 18.1. The molecule has 0 aliphatic carbocycles. The summed E-state index contributed by atoms with van der Waals surface area (Å²) in [6.45, 7) is 10.1. The average Bonchev–Trinajstić information content (AvgIpc) is 3.34. The van der Waals surface area contributed by atoms with Gasteiger partial charge in [0.1, 0.15) is 0 Å². The maximum Gasteiger partial charge on any atom is 0.229 e. The van der Waals surface area contributed by atoms with Gasteiger partial charge in [0.15, 0.2) is 0 Å². The number of piperidine rings is 1. The van der Waals surface area contributed by atoms with E-state index in [0.717, 1.165) is 46.7 Å². The molecule has 0 unspecified atom stereocenters. The van der Waals surface area contributed by atoms with Crippen molar-refractivity contribution in [2.75, 3.05) is 23.3 Å². The van der Waals surface area contributed by atoms with E-state index in [-0.39, 0.29) is 11.8 Å². The van der Waals surface area contributed by atoms with Crippen molar-refractivity contribution in [1.82, 2.24) is 14.8 Å². The number of anilines is 2. The largest absolute Gasteiger partial charge is 0.346 e. The predicted octanol–water partition coefficient (Wildman–Crippen LogP) is 4.92. The normalized spacial score (nSPS) is 16.8. The van der Waals surface area contributed by atoms with Gasteiger partial charge in [0, 0.05) is 30.2 Å². The summed E-state index contributed by atoms with van der Waals surface area (Å²) in [6, 6.07) is 12.3. The summed E-state index contributed by atoms with van der Waals surface area (Å²) in [5.74, 6) is 0.516. The lowest BCUT2D eigenvalue weighted by Crippen LogP contribution is -2.40. The Labute approximate surface area is 181 Å². The van der Waals surface area contributed by atoms with Gasteiger partial charge in [-0.3, -0.25) is 9.36 Å². The molecule has 1 saturated heterocycles. The van der Waals surface area contributed by atoms with Crippen LogP contribution in [0.1, 0.15) is 49.6 Å². The van der Waals surface area contributed by atoms with E-state index >= 15 is 0 Å². The first kappa shape index (κ1) is 20.6. The van der Waals surface area contributed by atoms with Crippen LogP contribution in [-0.4, -0.2) is 33.8 Å². The van der Waals surface area contributed by atoms with Crippen molar-refractivity contribution in [2.24, 2.45) is 5.92 Å². The number of hydrogen-bond acceptors (Lipinski definition) is 5. The first-order valence-electron chi connectivity index (χ1n) is 10.6. The lowest BCUT2D eigenvalue weighted by Gasteiger charge is -2.31. The molecule has 1 amide bonds. The Morgan fingerprint density at radius 3 is 2.40 bits per heavy atom. The molecule has 6 nitrogen and oxygen atoms in total. The molecular formula is C23H29N5OS. The summed E-state index contributed by atoms with van der Waals surface area (Å²) in [7, 11) is 0. The highest BCUT2D eigenvalue weighted by Crippen LogP contribution is 2.30. The summed E-state index contributed by atoms with van der Waals surface area (Å²) in [5, 5.41) is 13.7. The SMILES string of the molecule is Cc1ccc(C)n1-c1nnc(N2CCC[C@@H](C(=O)Nc3ccc(C(C)C)cc3)C2)s1. The van der Waals surface area contributed by atoms with Gasteiger partial charge in [-0.1, -0.05) is 37.3 Å². The Morgan fingerprint density at radius 1 is 1.07 bits per heavy atom. The van der Waals surface area contributed by atoms with Crippen LogP contribution < -0.4 is 10.2 Å². The van der Waals surface area contributed by atoms with E-state index in [0.29, 0.717) is 12.5 Å². The smallest absolute Gasteiger partial charge is 0.229 e. The van der Waals surface area contributed by atoms with Crippen LogP contribution in [0.25, 0.3) is 5.13 Å². The maximum atomic E-state index is 12.9. The first-order chi connectivity index (χ1) is 14.4. The van der Waals surface area contributed by atoms with Gasteiger partial charge in [-0.25, -0.2) is 0 Å². The van der Waals surface area contributed by atoms with E-state index < -0.39 is 0 Å². The van der Waals surface area contributed by atoms with Crippen LogP contribution >= 0.6 is 11.3 Å². The third-order valence-corrected chi connectivity index (χ3v) is 6.74. The number of amides is 1. The highest BCUT2D eigenvalue weighted by Gasteiger charge is 2.28. The van der Waals surface area contributed by atoms with Gasteiger partial charge in [0.25, 0.3) is 0 Å². The third-order valence-electron chi connectivity index (χ3n) is 5.77. The van der Waals surface area contributed by atoms with Gasteiger partial charge in [0.05, 0.1) is 5.92 Å². The fraction of sp³-hybridized carbons (Fsp3) is 0.435. The van der Waals surface area contributed by atoms with Crippen molar-refractivity contribution >= 4 is 28.1 Å². The van der Waals surface area contributed by atoms with Crippen LogP contribution in [0.4, 0.5) is 10.8 Å². The molecular weight excluding hydrogens is 394 g/mol. The number of hydrogen-bond donors (Lipinski definition) is 1. The quantitative estimate of drug-likeness (QED) is 0.632. The molecule has 30 heavy (non-hydrogen) atoms. The van der Waals surface area contributed by atoms with Crippen LogP contribution in [-0.2, 0) is 4.79 Å². The third kappa shape index (κ3) is 4.26. The molecule has 0 spiro atoms. The van der Waals surface area contributed by atoms with E-state index in [1.54, 1.807) is 11.3 Å². The van der Waals surface area contributed by atoms with E-state index in [9.17, 15) is 4.79 Å². The molecule has 0 bridgehead atoms. The number of nitrogens with one attached hydrogen (secondary N) is 1.